The van der Waals surface area contributed by atoms with Gasteiger partial charge in [-0.3, -0.25) is 9.79 Å². The summed E-state index contributed by atoms with van der Waals surface area (Å²) < 4.78 is 86.9. The second-order valence-electron chi connectivity index (χ2n) is 8.25. The minimum absolute atomic E-state index is 0.118. The largest absolute Gasteiger partial charge is 0.458 e. The highest BCUT2D eigenvalue weighted by Crippen LogP contribution is 2.33. The fourth-order valence-electron chi connectivity index (χ4n) is 3.74. The number of halogens is 6. The van der Waals surface area contributed by atoms with E-state index in [4.69, 9.17) is 4.74 Å². The Labute approximate surface area is 196 Å². The van der Waals surface area contributed by atoms with E-state index in [0.29, 0.717) is 12.1 Å². The lowest BCUT2D eigenvalue weighted by Gasteiger charge is -2.30. The van der Waals surface area contributed by atoms with Crippen LogP contribution in [0.2, 0.25) is 0 Å². The molecule has 0 saturated heterocycles. The van der Waals surface area contributed by atoms with Gasteiger partial charge in [0.2, 0.25) is 11.7 Å². The van der Waals surface area contributed by atoms with E-state index in [1.165, 1.54) is 18.7 Å². The fraction of sp³-hybridized carbons (Fsp3) is 0.455. The van der Waals surface area contributed by atoms with Gasteiger partial charge in [0.05, 0.1) is 24.4 Å². The molecule has 13 heteroatoms. The third kappa shape index (κ3) is 5.82. The topological polar surface area (TPSA) is 76.8 Å². The van der Waals surface area contributed by atoms with Crippen LogP contribution in [0, 0.1) is 17.5 Å². The van der Waals surface area contributed by atoms with Crippen molar-refractivity contribution in [3.63, 3.8) is 0 Å². The molecule has 0 unspecified atom stereocenters. The van der Waals surface area contributed by atoms with Crippen molar-refractivity contribution in [1.29, 1.82) is 0 Å². The molecule has 35 heavy (non-hydrogen) atoms. The molecular weight excluding hydrogens is 482 g/mol. The summed E-state index contributed by atoms with van der Waals surface area (Å²) in [5.41, 5.74) is -0.873. The van der Waals surface area contributed by atoms with Gasteiger partial charge in [0.15, 0.2) is 17.3 Å². The van der Waals surface area contributed by atoms with Crippen molar-refractivity contribution in [1.82, 2.24) is 14.5 Å². The molecule has 1 aromatic carbocycles. The van der Waals surface area contributed by atoms with E-state index in [1.54, 1.807) is 0 Å². The molecule has 1 aliphatic rings. The molecule has 1 aliphatic heterocycles. The first-order valence-corrected chi connectivity index (χ1v) is 10.6. The molecule has 190 valence electrons. The summed E-state index contributed by atoms with van der Waals surface area (Å²) in [6, 6.07) is 0.136. The van der Waals surface area contributed by atoms with Crippen LogP contribution < -0.4 is 0 Å². The van der Waals surface area contributed by atoms with Crippen LogP contribution in [0.4, 0.5) is 26.3 Å². The average molecular weight is 504 g/mol. The number of fused-ring (bicyclic) bond motifs is 1. The number of hydrogen-bond acceptors (Lipinski definition) is 5. The van der Waals surface area contributed by atoms with Crippen LogP contribution in [-0.2, 0) is 35.2 Å². The molecule has 0 bridgehead atoms. The molecule has 0 spiro atoms. The summed E-state index contributed by atoms with van der Waals surface area (Å²) in [6.07, 6.45) is -6.02. The van der Waals surface area contributed by atoms with Gasteiger partial charge in [-0.15, -0.1) is 0 Å². The molecule has 1 atom stereocenters. The fourth-order valence-corrected chi connectivity index (χ4v) is 3.74. The quantitative estimate of drug-likeness (QED) is 0.248. The maximum absolute atomic E-state index is 14.0. The van der Waals surface area contributed by atoms with E-state index in [9.17, 15) is 35.9 Å². The van der Waals surface area contributed by atoms with Crippen molar-refractivity contribution < 1.29 is 40.7 Å². The summed E-state index contributed by atoms with van der Waals surface area (Å²) in [4.78, 5) is 33.7. The standard InChI is InChI=1S/C22H22F6N4O3/c1-11(2)35-20(34)19-17-10-31(4-5-32(17)21(30-19)22(26,27)28)18(33)8-13(29-3)6-12-7-15(24)16(25)9-14(12)23/h7,9,11,13H,3-6,8,10H2,1-2H3/t13-/m1/s1. The molecule has 1 amide bonds. The second kappa shape index (κ2) is 10.1. The number of nitrogens with zero attached hydrogens (tertiary/aromatic N) is 4. The van der Waals surface area contributed by atoms with E-state index >= 15 is 0 Å². The maximum Gasteiger partial charge on any atom is 0.449 e. The van der Waals surface area contributed by atoms with Crippen molar-refractivity contribution in [3.05, 3.63) is 52.4 Å². The Balaban J connectivity index is 1.80. The Kier molecular flexibility index (Phi) is 7.56. The van der Waals surface area contributed by atoms with Gasteiger partial charge in [-0.25, -0.2) is 22.9 Å². The normalized spacial score (nSPS) is 14.6. The predicted molar refractivity (Wildman–Crippen MR) is 111 cm³/mol. The molecule has 0 radical (unpaired) electrons. The van der Waals surface area contributed by atoms with Gasteiger partial charge in [0.1, 0.15) is 5.82 Å². The van der Waals surface area contributed by atoms with Gasteiger partial charge >= 0.3 is 12.1 Å². The van der Waals surface area contributed by atoms with Gasteiger partial charge in [0.25, 0.3) is 0 Å². The number of ether oxygens (including phenoxy) is 1. The molecule has 0 fully saturated rings. The monoisotopic (exact) mass is 504 g/mol. The summed E-state index contributed by atoms with van der Waals surface area (Å²) in [5, 5.41) is 0. The lowest BCUT2D eigenvalue weighted by atomic mass is 10.0. The van der Waals surface area contributed by atoms with E-state index in [2.05, 4.69) is 16.7 Å². The third-order valence-electron chi connectivity index (χ3n) is 5.36. The van der Waals surface area contributed by atoms with Crippen LogP contribution in [0.3, 0.4) is 0 Å². The first-order valence-electron chi connectivity index (χ1n) is 10.6. The number of benzene rings is 1. The number of alkyl halides is 3. The Hall–Kier alpha value is -3.38. The highest BCUT2D eigenvalue weighted by atomic mass is 19.4. The minimum Gasteiger partial charge on any atom is -0.458 e. The minimum atomic E-state index is -4.83. The molecule has 0 N–H and O–H groups in total. The number of aliphatic imine (C=N–C) groups is 1. The SMILES string of the molecule is C=N[C@@H](CC(=O)N1CCn2c(C(F)(F)F)nc(C(=O)OC(C)C)c2C1)Cc1cc(F)c(F)cc1F. The lowest BCUT2D eigenvalue weighted by Crippen LogP contribution is -2.40. The first-order chi connectivity index (χ1) is 16.3. The molecular formula is C22H22F6N4O3. The van der Waals surface area contributed by atoms with E-state index < -0.39 is 59.2 Å². The van der Waals surface area contributed by atoms with Crippen LogP contribution in [-0.4, -0.2) is 51.7 Å². The highest BCUT2D eigenvalue weighted by molar-refractivity contribution is 5.89. The van der Waals surface area contributed by atoms with Crippen LogP contribution in [0.1, 0.15) is 47.8 Å². The zero-order valence-electron chi connectivity index (χ0n) is 18.8. The van der Waals surface area contributed by atoms with Gasteiger partial charge in [-0.2, -0.15) is 13.2 Å². The Bertz CT molecular complexity index is 1150. The van der Waals surface area contributed by atoms with Crippen LogP contribution in [0.25, 0.3) is 0 Å². The zero-order chi connectivity index (χ0) is 26.1. The number of aromatic nitrogens is 2. The number of carbonyl (C=O) groups is 2. The number of hydrogen-bond donors (Lipinski definition) is 0. The summed E-state index contributed by atoms with van der Waals surface area (Å²) in [5.74, 6) is -6.52. The van der Waals surface area contributed by atoms with Crippen molar-refractivity contribution in [2.75, 3.05) is 6.54 Å². The van der Waals surface area contributed by atoms with Crippen LogP contribution in [0.5, 0.6) is 0 Å². The number of esters is 1. The van der Waals surface area contributed by atoms with Crippen molar-refractivity contribution >= 4 is 18.6 Å². The summed E-state index contributed by atoms with van der Waals surface area (Å²) >= 11 is 0. The molecule has 2 aromatic rings. The Morgan fingerprint density at radius 2 is 1.80 bits per heavy atom. The Morgan fingerprint density at radius 1 is 1.14 bits per heavy atom. The number of rotatable bonds is 7. The van der Waals surface area contributed by atoms with Gasteiger partial charge in [-0.05, 0) is 38.6 Å². The Morgan fingerprint density at radius 3 is 2.40 bits per heavy atom. The number of amides is 1. The highest BCUT2D eigenvalue weighted by Gasteiger charge is 2.42. The summed E-state index contributed by atoms with van der Waals surface area (Å²) in [7, 11) is 0. The maximum atomic E-state index is 14.0. The van der Waals surface area contributed by atoms with Crippen molar-refractivity contribution in [2.45, 2.75) is 58.1 Å². The third-order valence-corrected chi connectivity index (χ3v) is 5.36. The zero-order valence-corrected chi connectivity index (χ0v) is 18.8. The smallest absolute Gasteiger partial charge is 0.449 e. The van der Waals surface area contributed by atoms with Gasteiger partial charge < -0.3 is 14.2 Å². The van der Waals surface area contributed by atoms with Gasteiger partial charge in [-0.1, -0.05) is 0 Å². The van der Waals surface area contributed by atoms with E-state index in [-0.39, 0.29) is 43.7 Å². The van der Waals surface area contributed by atoms with Crippen molar-refractivity contribution in [2.24, 2.45) is 4.99 Å². The van der Waals surface area contributed by atoms with Gasteiger partial charge in [0, 0.05) is 25.6 Å². The number of carbonyl (C=O) groups excluding carboxylic acids is 2. The predicted octanol–water partition coefficient (Wildman–Crippen LogP) is 3.93. The van der Waals surface area contributed by atoms with Crippen LogP contribution >= 0.6 is 0 Å². The lowest BCUT2D eigenvalue weighted by molar-refractivity contribution is -0.148. The summed E-state index contributed by atoms with van der Waals surface area (Å²) in [6.45, 7) is 5.65. The average Bonchev–Trinajstić information content (AvgIpc) is 3.16. The molecule has 1 aromatic heterocycles. The molecule has 0 saturated carbocycles. The molecule has 2 heterocycles. The molecule has 3 rings (SSSR count). The molecule has 7 nitrogen and oxygen atoms in total. The second-order valence-corrected chi connectivity index (χ2v) is 8.25. The first kappa shape index (κ1) is 26.2. The van der Waals surface area contributed by atoms with Crippen LogP contribution in [0.15, 0.2) is 17.1 Å². The van der Waals surface area contributed by atoms with Crippen molar-refractivity contribution in [3.8, 4) is 0 Å². The molecule has 0 aliphatic carbocycles. The number of imidazole rings is 1. The van der Waals surface area contributed by atoms with E-state index in [0.717, 1.165) is 4.57 Å². The van der Waals surface area contributed by atoms with E-state index in [1.807, 2.05) is 0 Å².